The maximum atomic E-state index is 12.7. The Labute approximate surface area is 120 Å². The van der Waals surface area contributed by atoms with Gasteiger partial charge in [-0.1, -0.05) is 0 Å². The highest BCUT2D eigenvalue weighted by Gasteiger charge is 2.30. The van der Waals surface area contributed by atoms with Crippen molar-refractivity contribution in [1.29, 1.82) is 0 Å². The summed E-state index contributed by atoms with van der Waals surface area (Å²) in [4.78, 5) is 2.48. The van der Waals surface area contributed by atoms with Crippen molar-refractivity contribution in [1.82, 2.24) is 4.31 Å². The number of nitrogens with zero attached hydrogens (tertiary/aromatic N) is 2. The van der Waals surface area contributed by atoms with Crippen LogP contribution in [0.3, 0.4) is 0 Å². The normalized spacial score (nSPS) is 19.8. The molecule has 1 aromatic rings. The molecule has 0 bridgehead atoms. The number of sulfonamides is 1. The third-order valence-corrected chi connectivity index (χ3v) is 6.08. The highest BCUT2D eigenvalue weighted by atomic mass is 32.2. The van der Waals surface area contributed by atoms with E-state index >= 15 is 0 Å². The second-order valence-electron chi connectivity index (χ2n) is 5.47. The second kappa shape index (κ2) is 4.93. The van der Waals surface area contributed by atoms with E-state index in [0.29, 0.717) is 30.3 Å². The van der Waals surface area contributed by atoms with Gasteiger partial charge in [-0.2, -0.15) is 4.31 Å². The summed E-state index contributed by atoms with van der Waals surface area (Å²) in [6.07, 6.45) is 1.89. The van der Waals surface area contributed by atoms with Crippen LogP contribution in [0.25, 0.3) is 0 Å². The lowest BCUT2D eigenvalue weighted by molar-refractivity contribution is 0.310. The van der Waals surface area contributed by atoms with Gasteiger partial charge < -0.3 is 9.64 Å². The first-order valence-electron chi connectivity index (χ1n) is 6.99. The van der Waals surface area contributed by atoms with Crippen LogP contribution in [0.4, 0.5) is 5.69 Å². The van der Waals surface area contributed by atoms with Crippen LogP contribution in [0.5, 0.6) is 5.75 Å². The van der Waals surface area contributed by atoms with Crippen LogP contribution in [0, 0.1) is 6.92 Å². The molecule has 6 heteroatoms. The summed E-state index contributed by atoms with van der Waals surface area (Å²) >= 11 is 0. The molecule has 2 aliphatic heterocycles. The van der Waals surface area contributed by atoms with E-state index in [1.165, 1.54) is 0 Å². The Morgan fingerprint density at radius 2 is 1.85 bits per heavy atom. The van der Waals surface area contributed by atoms with Gasteiger partial charge in [0.1, 0.15) is 12.4 Å². The van der Waals surface area contributed by atoms with Crippen molar-refractivity contribution in [3.05, 3.63) is 17.7 Å². The second-order valence-corrected chi connectivity index (χ2v) is 7.37. The molecule has 1 fully saturated rings. The molecule has 0 spiro atoms. The smallest absolute Gasteiger partial charge is 0.243 e. The van der Waals surface area contributed by atoms with Crippen LogP contribution in [0.1, 0.15) is 18.4 Å². The number of likely N-dealkylation sites (N-methyl/N-ethyl adjacent to an activating group) is 1. The number of fused-ring (bicyclic) bond motifs is 1. The fourth-order valence-corrected chi connectivity index (χ4v) is 4.57. The van der Waals surface area contributed by atoms with Crippen LogP contribution in [-0.2, 0) is 10.0 Å². The van der Waals surface area contributed by atoms with E-state index in [2.05, 4.69) is 4.90 Å². The maximum Gasteiger partial charge on any atom is 0.243 e. The average Bonchev–Trinajstić information content (AvgIpc) is 2.94. The molecule has 20 heavy (non-hydrogen) atoms. The van der Waals surface area contributed by atoms with Gasteiger partial charge in [0.15, 0.2) is 0 Å². The van der Waals surface area contributed by atoms with Gasteiger partial charge >= 0.3 is 0 Å². The van der Waals surface area contributed by atoms with Gasteiger partial charge in [-0.25, -0.2) is 8.42 Å². The lowest BCUT2D eigenvalue weighted by Crippen LogP contribution is -2.31. The van der Waals surface area contributed by atoms with Crippen molar-refractivity contribution in [3.8, 4) is 5.75 Å². The monoisotopic (exact) mass is 296 g/mol. The molecule has 3 rings (SSSR count). The molecule has 0 N–H and O–H groups in total. The minimum Gasteiger partial charge on any atom is -0.490 e. The van der Waals surface area contributed by atoms with E-state index < -0.39 is 10.0 Å². The van der Waals surface area contributed by atoms with Gasteiger partial charge in [-0.3, -0.25) is 0 Å². The SMILES string of the molecule is Cc1cc2c(cc1S(=O)(=O)N1CCCC1)OCCN2C. The van der Waals surface area contributed by atoms with E-state index in [9.17, 15) is 8.42 Å². The summed E-state index contributed by atoms with van der Waals surface area (Å²) in [7, 11) is -1.39. The third kappa shape index (κ3) is 2.16. The number of rotatable bonds is 2. The van der Waals surface area contributed by atoms with E-state index in [-0.39, 0.29) is 0 Å². The predicted molar refractivity (Wildman–Crippen MR) is 77.9 cm³/mol. The lowest BCUT2D eigenvalue weighted by Gasteiger charge is -2.29. The predicted octanol–water partition coefficient (Wildman–Crippen LogP) is 1.61. The zero-order valence-electron chi connectivity index (χ0n) is 11.9. The highest BCUT2D eigenvalue weighted by Crippen LogP contribution is 2.36. The van der Waals surface area contributed by atoms with Crippen LogP contribution in [0.15, 0.2) is 17.0 Å². The molecule has 0 aliphatic carbocycles. The molecular formula is C14H20N2O3S. The maximum absolute atomic E-state index is 12.7. The van der Waals surface area contributed by atoms with Crippen molar-refractivity contribution in [3.63, 3.8) is 0 Å². The zero-order chi connectivity index (χ0) is 14.3. The van der Waals surface area contributed by atoms with Gasteiger partial charge in [0, 0.05) is 26.2 Å². The molecule has 5 nitrogen and oxygen atoms in total. The molecule has 2 aliphatic rings. The van der Waals surface area contributed by atoms with Gasteiger partial charge in [-0.05, 0) is 31.4 Å². The van der Waals surface area contributed by atoms with Crippen molar-refractivity contribution < 1.29 is 13.2 Å². The minimum atomic E-state index is -3.39. The summed E-state index contributed by atoms with van der Waals surface area (Å²) in [6.45, 7) is 4.52. The largest absolute Gasteiger partial charge is 0.490 e. The molecule has 2 heterocycles. The van der Waals surface area contributed by atoms with Gasteiger partial charge in [0.05, 0.1) is 17.1 Å². The molecule has 0 unspecified atom stereocenters. The van der Waals surface area contributed by atoms with E-state index in [0.717, 1.165) is 30.6 Å². The molecule has 110 valence electrons. The summed E-state index contributed by atoms with van der Waals surface area (Å²) < 4.78 is 32.6. The third-order valence-electron chi connectivity index (χ3n) is 4.03. The molecule has 0 atom stereocenters. The summed E-state index contributed by atoms with van der Waals surface area (Å²) in [5.41, 5.74) is 1.75. The van der Waals surface area contributed by atoms with Crippen LogP contribution in [0.2, 0.25) is 0 Å². The Morgan fingerprint density at radius 3 is 2.55 bits per heavy atom. The Morgan fingerprint density at radius 1 is 1.15 bits per heavy atom. The average molecular weight is 296 g/mol. The summed E-state index contributed by atoms with van der Waals surface area (Å²) in [5.74, 6) is 0.669. The van der Waals surface area contributed by atoms with Crippen molar-refractivity contribution >= 4 is 15.7 Å². The number of hydrogen-bond acceptors (Lipinski definition) is 4. The Hall–Kier alpha value is -1.27. The van der Waals surface area contributed by atoms with E-state index in [1.54, 1.807) is 10.4 Å². The molecule has 0 amide bonds. The Bertz CT molecular complexity index is 622. The van der Waals surface area contributed by atoms with Crippen molar-refractivity contribution in [2.24, 2.45) is 0 Å². The molecule has 0 radical (unpaired) electrons. The van der Waals surface area contributed by atoms with E-state index in [1.807, 2.05) is 20.0 Å². The fourth-order valence-electron chi connectivity index (χ4n) is 2.83. The lowest BCUT2D eigenvalue weighted by atomic mass is 10.2. The van der Waals surface area contributed by atoms with Gasteiger partial charge in [0.2, 0.25) is 10.0 Å². The first kappa shape index (κ1) is 13.7. The highest BCUT2D eigenvalue weighted by molar-refractivity contribution is 7.89. The number of benzene rings is 1. The topological polar surface area (TPSA) is 49.9 Å². The number of ether oxygens (including phenoxy) is 1. The zero-order valence-corrected chi connectivity index (χ0v) is 12.7. The molecule has 0 aromatic heterocycles. The first-order chi connectivity index (χ1) is 9.50. The molecule has 1 saturated heterocycles. The Balaban J connectivity index is 2.06. The number of hydrogen-bond donors (Lipinski definition) is 0. The van der Waals surface area contributed by atoms with Crippen molar-refractivity contribution in [2.45, 2.75) is 24.7 Å². The van der Waals surface area contributed by atoms with Gasteiger partial charge in [-0.15, -0.1) is 0 Å². The number of anilines is 1. The molecule has 0 saturated carbocycles. The number of aryl methyl sites for hydroxylation is 1. The summed E-state index contributed by atoms with van der Waals surface area (Å²) in [5, 5.41) is 0. The van der Waals surface area contributed by atoms with Crippen molar-refractivity contribution in [2.75, 3.05) is 38.2 Å². The fraction of sp³-hybridized carbons (Fsp3) is 0.571. The Kier molecular flexibility index (Phi) is 3.38. The first-order valence-corrected chi connectivity index (χ1v) is 8.43. The standard InChI is InChI=1S/C14H20N2O3S/c1-11-9-12-13(19-8-7-15(12)2)10-14(11)20(17,18)16-5-3-4-6-16/h9-10H,3-8H2,1-2H3. The summed E-state index contributed by atoms with van der Waals surface area (Å²) in [6, 6.07) is 3.60. The molecular weight excluding hydrogens is 276 g/mol. The van der Waals surface area contributed by atoms with Crippen LogP contribution < -0.4 is 9.64 Å². The van der Waals surface area contributed by atoms with E-state index in [4.69, 9.17) is 4.74 Å². The quantitative estimate of drug-likeness (QED) is 0.832. The van der Waals surface area contributed by atoms with Crippen LogP contribution >= 0.6 is 0 Å². The molecule has 1 aromatic carbocycles. The minimum absolute atomic E-state index is 0.383. The van der Waals surface area contributed by atoms with Gasteiger partial charge in [0.25, 0.3) is 0 Å². The van der Waals surface area contributed by atoms with Crippen LogP contribution in [-0.4, -0.2) is 46.0 Å².